The third-order valence-electron chi connectivity index (χ3n) is 4.24. The molecule has 1 saturated heterocycles. The minimum Gasteiger partial charge on any atom is -0.468 e. The Labute approximate surface area is 130 Å². The van der Waals surface area contributed by atoms with Crippen molar-refractivity contribution in [1.29, 1.82) is 0 Å². The van der Waals surface area contributed by atoms with E-state index in [0.29, 0.717) is 11.6 Å². The minimum absolute atomic E-state index is 0.0201. The Kier molecular flexibility index (Phi) is 4.96. The summed E-state index contributed by atoms with van der Waals surface area (Å²) < 4.78 is 5.42. The minimum atomic E-state index is -0.0201. The molecule has 22 heavy (non-hydrogen) atoms. The van der Waals surface area contributed by atoms with Crippen LogP contribution in [0.25, 0.3) is 0 Å². The van der Waals surface area contributed by atoms with Gasteiger partial charge in [0.2, 0.25) is 0 Å². The number of carbonyl (C=O) groups excluding carboxylic acids is 1. The van der Waals surface area contributed by atoms with Crippen LogP contribution in [-0.2, 0) is 6.54 Å². The molecule has 5 heteroatoms. The molecule has 2 aromatic heterocycles. The lowest BCUT2D eigenvalue weighted by atomic mass is 9.94. The zero-order valence-corrected chi connectivity index (χ0v) is 12.8. The summed E-state index contributed by atoms with van der Waals surface area (Å²) in [7, 11) is 0. The van der Waals surface area contributed by atoms with Crippen molar-refractivity contribution < 1.29 is 9.21 Å². The molecule has 0 aliphatic carbocycles. The predicted octanol–water partition coefficient (Wildman–Crippen LogP) is 2.64. The summed E-state index contributed by atoms with van der Waals surface area (Å²) in [5, 5.41) is 2.99. The zero-order chi connectivity index (χ0) is 15.2. The normalized spacial score (nSPS) is 19.2. The number of aromatic amines is 1. The van der Waals surface area contributed by atoms with Crippen LogP contribution >= 0.6 is 0 Å². The van der Waals surface area contributed by atoms with Gasteiger partial charge >= 0.3 is 0 Å². The summed E-state index contributed by atoms with van der Waals surface area (Å²) in [6.07, 6.45) is 6.99. The number of hydrogen-bond acceptors (Lipinski definition) is 3. The lowest BCUT2D eigenvalue weighted by Crippen LogP contribution is -2.36. The topological polar surface area (TPSA) is 61.3 Å². The van der Waals surface area contributed by atoms with Crippen molar-refractivity contribution in [2.24, 2.45) is 5.92 Å². The molecule has 1 amide bonds. The number of likely N-dealkylation sites (tertiary alicyclic amines) is 1. The van der Waals surface area contributed by atoms with Gasteiger partial charge in [0.05, 0.1) is 12.8 Å². The van der Waals surface area contributed by atoms with E-state index in [4.69, 9.17) is 4.42 Å². The lowest BCUT2D eigenvalue weighted by Gasteiger charge is -2.32. The molecule has 2 N–H and O–H groups in total. The number of furan rings is 1. The molecule has 1 atom stereocenters. The number of aromatic nitrogens is 1. The van der Waals surface area contributed by atoms with Crippen molar-refractivity contribution in [3.63, 3.8) is 0 Å². The number of nitrogens with one attached hydrogen (secondary N) is 2. The Balaban J connectivity index is 1.40. The molecule has 0 radical (unpaired) electrons. The Morgan fingerprint density at radius 2 is 2.36 bits per heavy atom. The molecule has 0 aromatic carbocycles. The molecule has 1 aliphatic heterocycles. The van der Waals surface area contributed by atoms with Gasteiger partial charge in [-0.05, 0) is 56.0 Å². The third kappa shape index (κ3) is 4.01. The van der Waals surface area contributed by atoms with E-state index < -0.39 is 0 Å². The highest BCUT2D eigenvalue weighted by molar-refractivity contribution is 5.92. The fourth-order valence-electron chi connectivity index (χ4n) is 3.11. The van der Waals surface area contributed by atoms with E-state index in [-0.39, 0.29) is 5.91 Å². The number of carbonyl (C=O) groups is 1. The van der Waals surface area contributed by atoms with Crippen molar-refractivity contribution in [2.45, 2.75) is 25.8 Å². The quantitative estimate of drug-likeness (QED) is 0.862. The SMILES string of the molecule is O=C(NCC[C@@H]1CCCN(Cc2ccco2)C1)c1ccc[nH]1. The van der Waals surface area contributed by atoms with Gasteiger partial charge in [0.1, 0.15) is 11.5 Å². The highest BCUT2D eigenvalue weighted by atomic mass is 16.3. The largest absolute Gasteiger partial charge is 0.468 e. The average molecular weight is 301 g/mol. The van der Waals surface area contributed by atoms with Crippen LogP contribution in [-0.4, -0.2) is 35.4 Å². The maximum atomic E-state index is 11.9. The molecule has 1 fully saturated rings. The Bertz CT molecular complexity index is 563. The van der Waals surface area contributed by atoms with Crippen LogP contribution in [0.2, 0.25) is 0 Å². The second-order valence-corrected chi connectivity index (χ2v) is 5.95. The van der Waals surface area contributed by atoms with Crippen LogP contribution in [0.4, 0.5) is 0 Å². The second kappa shape index (κ2) is 7.31. The van der Waals surface area contributed by atoms with Crippen LogP contribution in [0.1, 0.15) is 35.5 Å². The smallest absolute Gasteiger partial charge is 0.267 e. The summed E-state index contributed by atoms with van der Waals surface area (Å²) in [4.78, 5) is 17.2. The van der Waals surface area contributed by atoms with Crippen molar-refractivity contribution in [3.05, 3.63) is 48.2 Å². The van der Waals surface area contributed by atoms with Crippen molar-refractivity contribution >= 4 is 5.91 Å². The Morgan fingerprint density at radius 1 is 1.41 bits per heavy atom. The Morgan fingerprint density at radius 3 is 3.14 bits per heavy atom. The molecular formula is C17H23N3O2. The number of amides is 1. The van der Waals surface area contributed by atoms with E-state index in [2.05, 4.69) is 15.2 Å². The molecule has 5 nitrogen and oxygen atoms in total. The third-order valence-corrected chi connectivity index (χ3v) is 4.24. The summed E-state index contributed by atoms with van der Waals surface area (Å²) in [6, 6.07) is 7.59. The molecule has 0 spiro atoms. The van der Waals surface area contributed by atoms with Gasteiger partial charge in [0.25, 0.3) is 5.91 Å². The van der Waals surface area contributed by atoms with Gasteiger partial charge in [-0.2, -0.15) is 0 Å². The molecule has 0 unspecified atom stereocenters. The molecular weight excluding hydrogens is 278 g/mol. The average Bonchev–Trinajstić information content (AvgIpc) is 3.21. The zero-order valence-electron chi connectivity index (χ0n) is 12.8. The molecule has 0 bridgehead atoms. The fourth-order valence-corrected chi connectivity index (χ4v) is 3.11. The van der Waals surface area contributed by atoms with Gasteiger partial charge in [-0.25, -0.2) is 0 Å². The van der Waals surface area contributed by atoms with Crippen molar-refractivity contribution in [3.8, 4) is 0 Å². The van der Waals surface area contributed by atoms with Crippen LogP contribution in [0.15, 0.2) is 41.1 Å². The van der Waals surface area contributed by atoms with Gasteiger partial charge < -0.3 is 14.7 Å². The summed E-state index contributed by atoms with van der Waals surface area (Å²) >= 11 is 0. The first-order valence-electron chi connectivity index (χ1n) is 7.97. The van der Waals surface area contributed by atoms with Crippen LogP contribution < -0.4 is 5.32 Å². The molecule has 3 rings (SSSR count). The van der Waals surface area contributed by atoms with E-state index in [0.717, 1.165) is 38.4 Å². The van der Waals surface area contributed by atoms with Gasteiger partial charge in [0, 0.05) is 19.3 Å². The first-order valence-corrected chi connectivity index (χ1v) is 7.97. The van der Waals surface area contributed by atoms with E-state index in [9.17, 15) is 4.79 Å². The molecule has 118 valence electrons. The van der Waals surface area contributed by atoms with Crippen LogP contribution in [0.5, 0.6) is 0 Å². The number of H-pyrrole nitrogens is 1. The second-order valence-electron chi connectivity index (χ2n) is 5.95. The van der Waals surface area contributed by atoms with Gasteiger partial charge in [0.15, 0.2) is 0 Å². The molecule has 2 aromatic rings. The van der Waals surface area contributed by atoms with Gasteiger partial charge in [-0.15, -0.1) is 0 Å². The summed E-state index contributed by atoms with van der Waals surface area (Å²) in [5.74, 6) is 1.65. The van der Waals surface area contributed by atoms with E-state index in [1.54, 1.807) is 18.5 Å². The van der Waals surface area contributed by atoms with Crippen molar-refractivity contribution in [2.75, 3.05) is 19.6 Å². The maximum absolute atomic E-state index is 11.9. The first kappa shape index (κ1) is 14.9. The summed E-state index contributed by atoms with van der Waals surface area (Å²) in [6.45, 7) is 3.83. The Hall–Kier alpha value is -2.01. The summed E-state index contributed by atoms with van der Waals surface area (Å²) in [5.41, 5.74) is 0.628. The van der Waals surface area contributed by atoms with Gasteiger partial charge in [-0.3, -0.25) is 9.69 Å². The number of piperidine rings is 1. The molecule has 0 saturated carbocycles. The molecule has 3 heterocycles. The van der Waals surface area contributed by atoms with E-state index >= 15 is 0 Å². The van der Waals surface area contributed by atoms with Crippen LogP contribution in [0.3, 0.4) is 0 Å². The van der Waals surface area contributed by atoms with Gasteiger partial charge in [-0.1, -0.05) is 0 Å². The fraction of sp³-hybridized carbons (Fsp3) is 0.471. The lowest BCUT2D eigenvalue weighted by molar-refractivity contribution is 0.0941. The van der Waals surface area contributed by atoms with Crippen molar-refractivity contribution in [1.82, 2.24) is 15.2 Å². The highest BCUT2D eigenvalue weighted by Crippen LogP contribution is 2.21. The molecule has 1 aliphatic rings. The van der Waals surface area contributed by atoms with E-state index in [1.807, 2.05) is 18.2 Å². The first-order chi connectivity index (χ1) is 10.8. The van der Waals surface area contributed by atoms with Crippen LogP contribution in [0, 0.1) is 5.92 Å². The standard InChI is InChI=1S/C17H23N3O2/c21-17(16-6-1-8-18-16)19-9-7-14-4-2-10-20(12-14)13-15-5-3-11-22-15/h1,3,5-6,8,11,14,18H,2,4,7,9-10,12-13H2,(H,19,21)/t14-/m0/s1. The highest BCUT2D eigenvalue weighted by Gasteiger charge is 2.20. The maximum Gasteiger partial charge on any atom is 0.267 e. The number of nitrogens with zero attached hydrogens (tertiary/aromatic N) is 1. The monoisotopic (exact) mass is 301 g/mol. The predicted molar refractivity (Wildman–Crippen MR) is 84.5 cm³/mol. The number of hydrogen-bond donors (Lipinski definition) is 2. The van der Waals surface area contributed by atoms with E-state index in [1.165, 1.54) is 12.8 Å². The number of rotatable bonds is 6.